The number of nitrogens with zero attached hydrogens (tertiary/aromatic N) is 1. The number of carbonyl (C=O) groups is 1. The zero-order valence-corrected chi connectivity index (χ0v) is 15.0. The summed E-state index contributed by atoms with van der Waals surface area (Å²) in [4.78, 5) is 14.4. The van der Waals surface area contributed by atoms with E-state index in [0.29, 0.717) is 25.1 Å². The van der Waals surface area contributed by atoms with Crippen LogP contribution in [-0.2, 0) is 17.9 Å². The summed E-state index contributed by atoms with van der Waals surface area (Å²) >= 11 is 0. The lowest BCUT2D eigenvalue weighted by Crippen LogP contribution is -2.37. The number of rotatable bonds is 7. The largest absolute Gasteiger partial charge is 0.497 e. The molecule has 0 aromatic heterocycles. The SMILES string of the molecule is COc1ccc(CN2CCC(NCc3cccc(OC)c3F)C2=O)cc1. The van der Waals surface area contributed by atoms with E-state index in [4.69, 9.17) is 9.47 Å². The minimum Gasteiger partial charge on any atom is -0.497 e. The summed E-state index contributed by atoms with van der Waals surface area (Å²) in [6.07, 6.45) is 0.709. The van der Waals surface area contributed by atoms with Crippen LogP contribution in [-0.4, -0.2) is 37.6 Å². The molecule has 0 saturated carbocycles. The normalized spacial score (nSPS) is 16.8. The van der Waals surface area contributed by atoms with Crippen LogP contribution in [0, 0.1) is 5.82 Å². The molecule has 1 fully saturated rings. The third-order valence-corrected chi connectivity index (χ3v) is 4.63. The van der Waals surface area contributed by atoms with E-state index in [-0.39, 0.29) is 30.1 Å². The van der Waals surface area contributed by atoms with Gasteiger partial charge in [-0.2, -0.15) is 0 Å². The van der Waals surface area contributed by atoms with E-state index in [0.717, 1.165) is 11.3 Å². The summed E-state index contributed by atoms with van der Waals surface area (Å²) in [5.74, 6) is 0.664. The summed E-state index contributed by atoms with van der Waals surface area (Å²) in [7, 11) is 3.06. The first-order valence-corrected chi connectivity index (χ1v) is 8.59. The fraction of sp³-hybridized carbons (Fsp3) is 0.350. The van der Waals surface area contributed by atoms with Crippen molar-refractivity contribution < 1.29 is 18.7 Å². The van der Waals surface area contributed by atoms with Gasteiger partial charge in [-0.1, -0.05) is 24.3 Å². The van der Waals surface area contributed by atoms with Crippen LogP contribution in [0.1, 0.15) is 17.5 Å². The number of amides is 1. The molecule has 1 aliphatic rings. The number of hydrogen-bond acceptors (Lipinski definition) is 4. The predicted octanol–water partition coefficient (Wildman–Crippen LogP) is 2.73. The van der Waals surface area contributed by atoms with Crippen molar-refractivity contribution in [2.24, 2.45) is 0 Å². The molecule has 6 heteroatoms. The highest BCUT2D eigenvalue weighted by molar-refractivity contribution is 5.84. The van der Waals surface area contributed by atoms with Crippen molar-refractivity contribution in [3.8, 4) is 11.5 Å². The van der Waals surface area contributed by atoms with Crippen LogP contribution in [0.25, 0.3) is 0 Å². The summed E-state index contributed by atoms with van der Waals surface area (Å²) in [5.41, 5.74) is 1.55. The minimum absolute atomic E-state index is 0.0455. The van der Waals surface area contributed by atoms with Gasteiger partial charge in [-0.25, -0.2) is 4.39 Å². The number of halogens is 1. The molecule has 1 heterocycles. The molecule has 0 radical (unpaired) electrons. The molecule has 0 aliphatic carbocycles. The van der Waals surface area contributed by atoms with Gasteiger partial charge in [-0.3, -0.25) is 4.79 Å². The first kappa shape index (κ1) is 18.2. The van der Waals surface area contributed by atoms with Gasteiger partial charge in [-0.05, 0) is 30.2 Å². The van der Waals surface area contributed by atoms with E-state index in [1.807, 2.05) is 29.2 Å². The fourth-order valence-corrected chi connectivity index (χ4v) is 3.12. The molecule has 3 rings (SSSR count). The lowest BCUT2D eigenvalue weighted by atomic mass is 10.1. The van der Waals surface area contributed by atoms with Crippen LogP contribution in [0.4, 0.5) is 4.39 Å². The summed E-state index contributed by atoms with van der Waals surface area (Å²) < 4.78 is 24.3. The lowest BCUT2D eigenvalue weighted by Gasteiger charge is -2.18. The first-order chi connectivity index (χ1) is 12.6. The van der Waals surface area contributed by atoms with E-state index >= 15 is 0 Å². The Hall–Kier alpha value is -2.60. The number of carbonyl (C=O) groups excluding carboxylic acids is 1. The summed E-state index contributed by atoms with van der Waals surface area (Å²) in [5, 5.41) is 3.17. The van der Waals surface area contributed by atoms with E-state index < -0.39 is 0 Å². The monoisotopic (exact) mass is 358 g/mol. The zero-order valence-electron chi connectivity index (χ0n) is 15.0. The Morgan fingerprint density at radius 1 is 1.15 bits per heavy atom. The molecule has 1 aliphatic heterocycles. The second-order valence-electron chi connectivity index (χ2n) is 6.26. The molecular weight excluding hydrogens is 335 g/mol. The van der Waals surface area contributed by atoms with E-state index in [1.165, 1.54) is 7.11 Å². The van der Waals surface area contributed by atoms with Gasteiger partial charge in [0.2, 0.25) is 5.91 Å². The quantitative estimate of drug-likeness (QED) is 0.827. The molecule has 0 spiro atoms. The van der Waals surface area contributed by atoms with Gasteiger partial charge in [0, 0.05) is 25.2 Å². The van der Waals surface area contributed by atoms with Crippen molar-refractivity contribution in [1.29, 1.82) is 0 Å². The molecule has 2 aromatic rings. The summed E-state index contributed by atoms with van der Waals surface area (Å²) in [6, 6.07) is 12.4. The number of nitrogens with one attached hydrogen (secondary N) is 1. The number of ether oxygens (including phenoxy) is 2. The molecule has 0 bridgehead atoms. The van der Waals surface area contributed by atoms with Crippen LogP contribution < -0.4 is 14.8 Å². The Balaban J connectivity index is 1.57. The first-order valence-electron chi connectivity index (χ1n) is 8.59. The van der Waals surface area contributed by atoms with Gasteiger partial charge in [0.1, 0.15) is 5.75 Å². The molecule has 1 amide bonds. The molecule has 5 nitrogen and oxygen atoms in total. The van der Waals surface area contributed by atoms with Crippen molar-refractivity contribution >= 4 is 5.91 Å². The highest BCUT2D eigenvalue weighted by atomic mass is 19.1. The van der Waals surface area contributed by atoms with Gasteiger partial charge in [0.05, 0.1) is 20.3 Å². The molecule has 1 N–H and O–H groups in total. The smallest absolute Gasteiger partial charge is 0.240 e. The van der Waals surface area contributed by atoms with Crippen LogP contribution in [0.2, 0.25) is 0 Å². The molecule has 26 heavy (non-hydrogen) atoms. The number of methoxy groups -OCH3 is 2. The average molecular weight is 358 g/mol. The van der Waals surface area contributed by atoms with Crippen LogP contribution >= 0.6 is 0 Å². The highest BCUT2D eigenvalue weighted by Gasteiger charge is 2.31. The minimum atomic E-state index is -0.386. The molecule has 1 saturated heterocycles. The maximum absolute atomic E-state index is 14.2. The number of benzene rings is 2. The van der Waals surface area contributed by atoms with Crippen molar-refractivity contribution in [2.45, 2.75) is 25.6 Å². The van der Waals surface area contributed by atoms with Gasteiger partial charge < -0.3 is 19.7 Å². The van der Waals surface area contributed by atoms with Crippen LogP contribution in [0.15, 0.2) is 42.5 Å². The highest BCUT2D eigenvalue weighted by Crippen LogP contribution is 2.21. The Bertz CT molecular complexity index is 764. The Morgan fingerprint density at radius 3 is 2.62 bits per heavy atom. The van der Waals surface area contributed by atoms with Crippen molar-refractivity contribution in [3.63, 3.8) is 0 Å². The predicted molar refractivity (Wildman–Crippen MR) is 96.6 cm³/mol. The second kappa shape index (κ2) is 8.19. The summed E-state index contributed by atoms with van der Waals surface area (Å²) in [6.45, 7) is 1.54. The topological polar surface area (TPSA) is 50.8 Å². The zero-order chi connectivity index (χ0) is 18.5. The lowest BCUT2D eigenvalue weighted by molar-refractivity contribution is -0.129. The van der Waals surface area contributed by atoms with Gasteiger partial charge in [0.25, 0.3) is 0 Å². The Labute approximate surface area is 152 Å². The maximum atomic E-state index is 14.2. The molecule has 2 aromatic carbocycles. The Morgan fingerprint density at radius 2 is 1.92 bits per heavy atom. The molecular formula is C20H23FN2O3. The van der Waals surface area contributed by atoms with E-state index in [1.54, 1.807) is 25.3 Å². The molecule has 1 unspecified atom stereocenters. The van der Waals surface area contributed by atoms with Crippen molar-refractivity contribution in [3.05, 3.63) is 59.4 Å². The van der Waals surface area contributed by atoms with Crippen molar-refractivity contribution in [1.82, 2.24) is 10.2 Å². The number of likely N-dealkylation sites (tertiary alicyclic amines) is 1. The van der Waals surface area contributed by atoms with Crippen LogP contribution in [0.5, 0.6) is 11.5 Å². The third kappa shape index (κ3) is 3.96. The maximum Gasteiger partial charge on any atom is 0.240 e. The second-order valence-corrected chi connectivity index (χ2v) is 6.26. The van der Waals surface area contributed by atoms with Gasteiger partial charge in [0.15, 0.2) is 11.6 Å². The van der Waals surface area contributed by atoms with Gasteiger partial charge >= 0.3 is 0 Å². The standard InChI is InChI=1S/C20H23FN2O3/c1-25-16-8-6-14(7-9-16)13-23-11-10-17(20(23)24)22-12-15-4-3-5-18(26-2)19(15)21/h3-9,17,22H,10-13H2,1-2H3. The van der Waals surface area contributed by atoms with E-state index in [9.17, 15) is 9.18 Å². The molecule has 138 valence electrons. The van der Waals surface area contributed by atoms with Crippen LogP contribution in [0.3, 0.4) is 0 Å². The third-order valence-electron chi connectivity index (χ3n) is 4.63. The fourth-order valence-electron chi connectivity index (χ4n) is 3.12. The Kier molecular flexibility index (Phi) is 5.73. The van der Waals surface area contributed by atoms with Gasteiger partial charge in [-0.15, -0.1) is 0 Å². The molecule has 1 atom stereocenters. The van der Waals surface area contributed by atoms with Crippen molar-refractivity contribution in [2.75, 3.05) is 20.8 Å². The van der Waals surface area contributed by atoms with E-state index in [2.05, 4.69) is 5.32 Å². The number of hydrogen-bond donors (Lipinski definition) is 1. The average Bonchev–Trinajstić information content (AvgIpc) is 3.01.